The molecule has 2 aromatic heterocycles. The van der Waals surface area contributed by atoms with Gasteiger partial charge in [-0.25, -0.2) is 17.9 Å². The first-order valence-electron chi connectivity index (χ1n) is 13.8. The molecule has 10 heteroatoms. The molecule has 3 N–H and O–H groups in total. The Balaban J connectivity index is 1.42. The number of aryl methyl sites for hydroxylation is 1. The normalized spacial score (nSPS) is 15.4. The summed E-state index contributed by atoms with van der Waals surface area (Å²) in [5.41, 5.74) is 3.81. The van der Waals surface area contributed by atoms with Gasteiger partial charge in [-0.1, -0.05) is 50.6 Å². The van der Waals surface area contributed by atoms with Crippen LogP contribution in [0, 0.1) is 12.8 Å². The van der Waals surface area contributed by atoms with E-state index in [9.17, 15) is 13.2 Å². The van der Waals surface area contributed by atoms with Crippen molar-refractivity contribution in [1.82, 2.24) is 15.1 Å². The average Bonchev–Trinajstić information content (AvgIpc) is 3.61. The van der Waals surface area contributed by atoms with Crippen LogP contribution in [0.25, 0.3) is 5.69 Å². The molecule has 1 saturated heterocycles. The molecule has 8 nitrogen and oxygen atoms in total. The molecule has 0 spiro atoms. The number of amides is 2. The van der Waals surface area contributed by atoms with Crippen molar-refractivity contribution >= 4 is 38.7 Å². The SMILES string of the molecule is Cc1ccc(-n2nc(C(C)(C)C)cc2NC(=O)Nc2cccc(C(C3CCNCC3)S(=O)(=O)c3ccsc3)c2)cc1. The average molecular weight is 592 g/mol. The Bertz CT molecular complexity index is 1600. The van der Waals surface area contributed by atoms with Crippen LogP contribution in [0.3, 0.4) is 0 Å². The summed E-state index contributed by atoms with van der Waals surface area (Å²) in [5.74, 6) is 0.518. The predicted molar refractivity (Wildman–Crippen MR) is 166 cm³/mol. The van der Waals surface area contributed by atoms with E-state index in [1.807, 2.05) is 43.3 Å². The number of thiophene rings is 1. The Morgan fingerprint density at radius 3 is 2.44 bits per heavy atom. The number of piperidine rings is 1. The number of carbonyl (C=O) groups is 1. The smallest absolute Gasteiger partial charge is 0.317 e. The number of anilines is 2. The maximum atomic E-state index is 13.8. The standard InChI is InChI=1S/C31H37N5O3S2/c1-21-8-10-25(11-9-21)36-28(19-27(35-36)31(2,3)4)34-30(37)33-24-7-5-6-23(18-24)29(22-12-15-32-16-13-22)41(38,39)26-14-17-40-20-26/h5-11,14,17-20,22,29,32H,12-13,15-16H2,1-4H3,(H2,33,34,37). The van der Waals surface area contributed by atoms with Gasteiger partial charge in [0.05, 0.1) is 21.5 Å². The van der Waals surface area contributed by atoms with Crippen molar-refractivity contribution in [1.29, 1.82) is 0 Å². The number of hydrogen-bond acceptors (Lipinski definition) is 6. The van der Waals surface area contributed by atoms with Crippen molar-refractivity contribution in [2.24, 2.45) is 5.92 Å². The molecule has 1 unspecified atom stereocenters. The number of urea groups is 1. The highest BCUT2D eigenvalue weighted by molar-refractivity contribution is 7.91. The van der Waals surface area contributed by atoms with Crippen LogP contribution in [0.15, 0.2) is 76.3 Å². The largest absolute Gasteiger partial charge is 0.324 e. The van der Waals surface area contributed by atoms with Gasteiger partial charge in [0.1, 0.15) is 5.82 Å². The summed E-state index contributed by atoms with van der Waals surface area (Å²) in [4.78, 5) is 13.6. The molecule has 2 aromatic carbocycles. The van der Waals surface area contributed by atoms with Crippen molar-refractivity contribution in [2.75, 3.05) is 23.7 Å². The van der Waals surface area contributed by atoms with Crippen molar-refractivity contribution in [3.05, 3.63) is 88.2 Å². The van der Waals surface area contributed by atoms with Gasteiger partial charge in [-0.15, -0.1) is 0 Å². The molecule has 0 bridgehead atoms. The Morgan fingerprint density at radius 1 is 1.05 bits per heavy atom. The highest BCUT2D eigenvalue weighted by atomic mass is 32.2. The van der Waals surface area contributed by atoms with Crippen LogP contribution in [0.4, 0.5) is 16.3 Å². The van der Waals surface area contributed by atoms with E-state index >= 15 is 0 Å². The molecule has 2 amide bonds. The summed E-state index contributed by atoms with van der Waals surface area (Å²) in [7, 11) is -3.61. The molecule has 3 heterocycles. The third kappa shape index (κ3) is 6.55. The fraction of sp³-hybridized carbons (Fsp3) is 0.355. The zero-order valence-electron chi connectivity index (χ0n) is 23.8. The third-order valence-corrected chi connectivity index (χ3v) is 10.5. The number of aromatic nitrogens is 2. The Kier molecular flexibility index (Phi) is 8.35. The van der Waals surface area contributed by atoms with E-state index in [0.29, 0.717) is 22.0 Å². The summed E-state index contributed by atoms with van der Waals surface area (Å²) in [6, 6.07) is 18.3. The number of benzene rings is 2. The van der Waals surface area contributed by atoms with Crippen molar-refractivity contribution in [3.63, 3.8) is 0 Å². The molecule has 1 fully saturated rings. The van der Waals surface area contributed by atoms with Gasteiger partial charge >= 0.3 is 6.03 Å². The predicted octanol–water partition coefficient (Wildman–Crippen LogP) is 6.70. The van der Waals surface area contributed by atoms with Gasteiger partial charge in [0.25, 0.3) is 0 Å². The lowest BCUT2D eigenvalue weighted by Crippen LogP contribution is -2.33. The number of nitrogens with one attached hydrogen (secondary N) is 3. The molecule has 41 heavy (non-hydrogen) atoms. The van der Waals surface area contributed by atoms with Gasteiger partial charge in [-0.05, 0) is 80.0 Å². The molecule has 0 aliphatic carbocycles. The van der Waals surface area contributed by atoms with E-state index in [2.05, 4.69) is 36.7 Å². The van der Waals surface area contributed by atoms with E-state index in [0.717, 1.165) is 42.9 Å². The lowest BCUT2D eigenvalue weighted by Gasteiger charge is -2.31. The van der Waals surface area contributed by atoms with Gasteiger partial charge in [0.2, 0.25) is 0 Å². The fourth-order valence-corrected chi connectivity index (χ4v) is 8.34. The van der Waals surface area contributed by atoms with Gasteiger partial charge in [-0.3, -0.25) is 5.32 Å². The molecule has 5 rings (SSSR count). The van der Waals surface area contributed by atoms with Gasteiger partial charge in [0.15, 0.2) is 9.84 Å². The van der Waals surface area contributed by atoms with Gasteiger partial charge < -0.3 is 10.6 Å². The monoisotopic (exact) mass is 591 g/mol. The number of rotatable bonds is 7. The van der Waals surface area contributed by atoms with E-state index < -0.39 is 21.1 Å². The topological polar surface area (TPSA) is 105 Å². The Hall–Kier alpha value is -3.47. The van der Waals surface area contributed by atoms with Crippen LogP contribution in [-0.2, 0) is 15.3 Å². The summed E-state index contributed by atoms with van der Waals surface area (Å²) >= 11 is 1.38. The number of sulfone groups is 1. The highest BCUT2D eigenvalue weighted by Gasteiger charge is 2.37. The quantitative estimate of drug-likeness (QED) is 0.222. The fourth-order valence-electron chi connectivity index (χ4n) is 5.20. The van der Waals surface area contributed by atoms with Crippen LogP contribution in [0.1, 0.15) is 55.7 Å². The van der Waals surface area contributed by atoms with Crippen LogP contribution in [0.2, 0.25) is 0 Å². The molecular weight excluding hydrogens is 555 g/mol. The molecule has 1 aliphatic heterocycles. The number of carbonyl (C=O) groups excluding carboxylic acids is 1. The summed E-state index contributed by atoms with van der Waals surface area (Å²) in [6.45, 7) is 9.82. The van der Waals surface area contributed by atoms with Crippen LogP contribution < -0.4 is 16.0 Å². The zero-order valence-corrected chi connectivity index (χ0v) is 25.5. The van der Waals surface area contributed by atoms with Crippen LogP contribution >= 0.6 is 11.3 Å². The molecule has 1 atom stereocenters. The van der Waals surface area contributed by atoms with Gasteiger partial charge in [-0.2, -0.15) is 16.4 Å². The van der Waals surface area contributed by atoms with E-state index in [1.165, 1.54) is 11.3 Å². The van der Waals surface area contributed by atoms with E-state index in [1.54, 1.807) is 39.7 Å². The second-order valence-electron chi connectivity index (χ2n) is 11.6. The minimum atomic E-state index is -3.61. The molecule has 216 valence electrons. The van der Waals surface area contributed by atoms with E-state index in [4.69, 9.17) is 5.10 Å². The van der Waals surface area contributed by atoms with Crippen LogP contribution in [0.5, 0.6) is 0 Å². The first-order valence-corrected chi connectivity index (χ1v) is 16.3. The van der Waals surface area contributed by atoms with E-state index in [-0.39, 0.29) is 11.3 Å². The number of hydrogen-bond donors (Lipinski definition) is 3. The second kappa shape index (κ2) is 11.8. The molecule has 1 aliphatic rings. The maximum Gasteiger partial charge on any atom is 0.324 e. The minimum Gasteiger partial charge on any atom is -0.317 e. The summed E-state index contributed by atoms with van der Waals surface area (Å²) < 4.78 is 29.4. The van der Waals surface area contributed by atoms with Gasteiger partial charge in [0, 0.05) is 22.5 Å². The third-order valence-electron chi connectivity index (χ3n) is 7.44. The first-order chi connectivity index (χ1) is 19.5. The van der Waals surface area contributed by atoms with Crippen LogP contribution in [-0.4, -0.2) is 37.3 Å². The highest BCUT2D eigenvalue weighted by Crippen LogP contribution is 2.40. The molecule has 0 saturated carbocycles. The minimum absolute atomic E-state index is 0.0232. The van der Waals surface area contributed by atoms with Crippen molar-refractivity contribution < 1.29 is 13.2 Å². The second-order valence-corrected chi connectivity index (χ2v) is 14.5. The Labute approximate surface area is 246 Å². The lowest BCUT2D eigenvalue weighted by atomic mass is 9.90. The van der Waals surface area contributed by atoms with Crippen molar-refractivity contribution in [2.45, 2.75) is 56.1 Å². The summed E-state index contributed by atoms with van der Waals surface area (Å²) in [6.07, 6.45) is 1.54. The lowest BCUT2D eigenvalue weighted by molar-refractivity contribution is 0.262. The molecule has 4 aromatic rings. The summed E-state index contributed by atoms with van der Waals surface area (Å²) in [5, 5.41) is 16.8. The Morgan fingerprint density at radius 2 is 1.78 bits per heavy atom. The molecular formula is C31H37N5O3S2. The first kappa shape index (κ1) is 29.0. The maximum absolute atomic E-state index is 13.8. The zero-order chi connectivity index (χ0) is 29.2. The molecule has 0 radical (unpaired) electrons. The number of nitrogens with zero attached hydrogens (tertiary/aromatic N) is 2. The van der Waals surface area contributed by atoms with Crippen molar-refractivity contribution in [3.8, 4) is 5.69 Å².